The second kappa shape index (κ2) is 10.8. The maximum absolute atomic E-state index is 9.68. The van der Waals surface area contributed by atoms with E-state index in [-0.39, 0.29) is 6.29 Å². The Bertz CT molecular complexity index is 190. The third-order valence-electron chi connectivity index (χ3n) is 1.14. The van der Waals surface area contributed by atoms with E-state index in [1.54, 1.807) is 27.2 Å². The van der Waals surface area contributed by atoms with Gasteiger partial charge in [0.15, 0.2) is 6.29 Å². The van der Waals surface area contributed by atoms with E-state index in [1.165, 1.54) is 6.08 Å². The highest BCUT2D eigenvalue weighted by Crippen LogP contribution is 1.83. The first-order chi connectivity index (χ1) is 6.12. The molecule has 0 aromatic rings. The third-order valence-corrected chi connectivity index (χ3v) is 1.14. The van der Waals surface area contributed by atoms with Crippen molar-refractivity contribution in [3.05, 3.63) is 11.6 Å². The summed E-state index contributed by atoms with van der Waals surface area (Å²) in [5.74, 6) is 0. The lowest BCUT2D eigenvalue weighted by molar-refractivity contribution is -0.104. The van der Waals surface area contributed by atoms with Gasteiger partial charge >= 0.3 is 0 Å². The lowest BCUT2D eigenvalue weighted by Gasteiger charge is -2.03. The Morgan fingerprint density at radius 1 is 1.46 bits per heavy atom. The molecule has 4 heteroatoms. The lowest BCUT2D eigenvalue weighted by atomic mass is 10.3. The Morgan fingerprint density at radius 3 is 2.00 bits per heavy atom. The number of carbonyl (C=O) groups excluding carboxylic acids is 1. The van der Waals surface area contributed by atoms with Gasteiger partial charge in [0, 0.05) is 20.3 Å². The van der Waals surface area contributed by atoms with Gasteiger partial charge in [0.2, 0.25) is 0 Å². The molecule has 0 aliphatic carbocycles. The number of aldehydes is 1. The molecule has 0 saturated heterocycles. The Morgan fingerprint density at radius 2 is 1.92 bits per heavy atom. The first-order valence-corrected chi connectivity index (χ1v) is 3.69. The largest absolute Gasteiger partial charge is 0.356 e. The summed E-state index contributed by atoms with van der Waals surface area (Å²) in [5, 5.41) is 7.88. The molecular weight excluding hydrogens is 170 g/mol. The average Bonchev–Trinajstić information content (AvgIpc) is 2.18. The van der Waals surface area contributed by atoms with E-state index in [0.29, 0.717) is 11.9 Å². The molecule has 0 atom stereocenters. The van der Waals surface area contributed by atoms with Crippen LogP contribution in [0.25, 0.3) is 0 Å². The number of ether oxygens (including phenoxy) is 2. The molecule has 0 fully saturated rings. The fourth-order valence-corrected chi connectivity index (χ4v) is 0.232. The fraction of sp³-hybridized carbons (Fsp3) is 0.556. The molecule has 0 amide bonds. The number of carbonyl (C=O) groups is 1. The van der Waals surface area contributed by atoms with Gasteiger partial charge in [-0.05, 0) is 19.4 Å². The molecule has 0 unspecified atom stereocenters. The lowest BCUT2D eigenvalue weighted by Crippen LogP contribution is -2.05. The predicted molar refractivity (Wildman–Crippen MR) is 48.9 cm³/mol. The van der Waals surface area contributed by atoms with Crippen LogP contribution in [0, 0.1) is 11.3 Å². The van der Waals surface area contributed by atoms with Crippen LogP contribution >= 0.6 is 0 Å². The van der Waals surface area contributed by atoms with Gasteiger partial charge in [0.25, 0.3) is 0 Å². The van der Waals surface area contributed by atoms with Gasteiger partial charge in [0.05, 0.1) is 6.07 Å². The summed E-state index contributed by atoms with van der Waals surface area (Å²) in [6.45, 7) is 3.41. The number of hydrogen-bond acceptors (Lipinski definition) is 4. The molecule has 0 aromatic heterocycles. The molecule has 0 rings (SSSR count). The van der Waals surface area contributed by atoms with Crippen LogP contribution in [0.4, 0.5) is 0 Å². The summed E-state index contributed by atoms with van der Waals surface area (Å²) < 4.78 is 9.35. The van der Waals surface area contributed by atoms with Crippen molar-refractivity contribution in [2.24, 2.45) is 0 Å². The molecule has 0 bridgehead atoms. The zero-order valence-corrected chi connectivity index (χ0v) is 8.40. The van der Waals surface area contributed by atoms with Crippen LogP contribution in [0.1, 0.15) is 13.8 Å². The summed E-state index contributed by atoms with van der Waals surface area (Å²) in [6.07, 6.45) is 1.78. The van der Waals surface area contributed by atoms with Crippen molar-refractivity contribution < 1.29 is 14.3 Å². The molecule has 4 nitrogen and oxygen atoms in total. The average molecular weight is 185 g/mol. The molecule has 0 aliphatic heterocycles. The first kappa shape index (κ1) is 14.3. The molecule has 0 spiro atoms. The smallest absolute Gasteiger partial charge is 0.154 e. The van der Waals surface area contributed by atoms with Crippen LogP contribution in [0.15, 0.2) is 11.6 Å². The Kier molecular flexibility index (Phi) is 11.9. The minimum Gasteiger partial charge on any atom is -0.356 e. The van der Waals surface area contributed by atoms with Gasteiger partial charge in [0.1, 0.15) is 6.29 Å². The highest BCUT2D eigenvalue weighted by atomic mass is 16.7. The van der Waals surface area contributed by atoms with Crippen LogP contribution in [-0.4, -0.2) is 26.8 Å². The van der Waals surface area contributed by atoms with Crippen molar-refractivity contribution in [2.45, 2.75) is 20.1 Å². The number of methoxy groups -OCH3 is 2. The molecular formula is C9H15NO3. The van der Waals surface area contributed by atoms with Crippen LogP contribution < -0.4 is 0 Å². The number of nitrogens with zero attached hydrogens (tertiary/aromatic N) is 1. The maximum atomic E-state index is 9.68. The SMILES string of the molecule is C/C(C=O)=C\C#N.COC(C)OC. The summed E-state index contributed by atoms with van der Waals surface area (Å²) in [4.78, 5) is 9.68. The monoisotopic (exact) mass is 185 g/mol. The number of rotatable bonds is 3. The first-order valence-electron chi connectivity index (χ1n) is 3.69. The standard InChI is InChI=1S/C5H5NO.C4H10O2/c1-5(4-7)2-3-6;1-4(5-2)6-3/h2,4H,1H3;4H,1-3H3/b5-2+;. The molecule has 0 N–H and O–H groups in total. The summed E-state index contributed by atoms with van der Waals surface area (Å²) >= 11 is 0. The Labute approximate surface area is 78.8 Å². The third kappa shape index (κ3) is 13.8. The van der Waals surface area contributed by atoms with E-state index in [9.17, 15) is 4.79 Å². The van der Waals surface area contributed by atoms with Crippen LogP contribution in [0.2, 0.25) is 0 Å². The molecule has 0 heterocycles. The second-order valence-electron chi connectivity index (χ2n) is 2.17. The van der Waals surface area contributed by atoms with Crippen molar-refractivity contribution in [3.8, 4) is 6.07 Å². The summed E-state index contributed by atoms with van der Waals surface area (Å²) in [6, 6.07) is 1.73. The van der Waals surface area contributed by atoms with Gasteiger partial charge in [-0.15, -0.1) is 0 Å². The van der Waals surface area contributed by atoms with Gasteiger partial charge < -0.3 is 9.47 Å². The highest BCUT2D eigenvalue weighted by molar-refractivity contribution is 5.72. The minimum atomic E-state index is -0.0648. The molecule has 0 aliphatic rings. The predicted octanol–water partition coefficient (Wildman–Crippen LogP) is 1.28. The van der Waals surface area contributed by atoms with Gasteiger partial charge in [-0.3, -0.25) is 4.79 Å². The number of allylic oxidation sites excluding steroid dienone is 2. The Balaban J connectivity index is 0. The van der Waals surface area contributed by atoms with E-state index >= 15 is 0 Å². The molecule has 74 valence electrons. The van der Waals surface area contributed by atoms with Crippen molar-refractivity contribution >= 4 is 6.29 Å². The normalized spacial score (nSPS) is 10.0. The zero-order chi connectivity index (χ0) is 10.7. The van der Waals surface area contributed by atoms with E-state index in [2.05, 4.69) is 9.47 Å². The maximum Gasteiger partial charge on any atom is 0.154 e. The molecule has 0 saturated carbocycles. The van der Waals surface area contributed by atoms with Crippen LogP contribution in [0.3, 0.4) is 0 Å². The van der Waals surface area contributed by atoms with Crippen molar-refractivity contribution in [1.29, 1.82) is 5.26 Å². The molecule has 0 aromatic carbocycles. The van der Waals surface area contributed by atoms with E-state index < -0.39 is 0 Å². The molecule has 13 heavy (non-hydrogen) atoms. The van der Waals surface area contributed by atoms with E-state index in [1.807, 2.05) is 6.92 Å². The van der Waals surface area contributed by atoms with E-state index in [4.69, 9.17) is 5.26 Å². The zero-order valence-electron chi connectivity index (χ0n) is 8.40. The van der Waals surface area contributed by atoms with Crippen molar-refractivity contribution in [1.82, 2.24) is 0 Å². The minimum absolute atomic E-state index is 0.0648. The van der Waals surface area contributed by atoms with Gasteiger partial charge in [-0.25, -0.2) is 0 Å². The summed E-state index contributed by atoms with van der Waals surface area (Å²) in [7, 11) is 3.21. The number of hydrogen-bond donors (Lipinski definition) is 0. The van der Waals surface area contributed by atoms with Crippen LogP contribution in [-0.2, 0) is 14.3 Å². The van der Waals surface area contributed by atoms with Gasteiger partial charge in [-0.1, -0.05) is 0 Å². The Hall–Kier alpha value is -1.18. The topological polar surface area (TPSA) is 59.3 Å². The molecule has 0 radical (unpaired) electrons. The van der Waals surface area contributed by atoms with E-state index in [0.717, 1.165) is 0 Å². The fourth-order valence-electron chi connectivity index (χ4n) is 0.232. The second-order valence-corrected chi connectivity index (χ2v) is 2.17. The van der Waals surface area contributed by atoms with Crippen molar-refractivity contribution in [3.63, 3.8) is 0 Å². The quantitative estimate of drug-likeness (QED) is 0.287. The number of nitriles is 1. The van der Waals surface area contributed by atoms with Crippen LogP contribution in [0.5, 0.6) is 0 Å². The highest BCUT2D eigenvalue weighted by Gasteiger charge is 1.87. The summed E-state index contributed by atoms with van der Waals surface area (Å²) in [5.41, 5.74) is 0.461. The van der Waals surface area contributed by atoms with Gasteiger partial charge in [-0.2, -0.15) is 5.26 Å². The van der Waals surface area contributed by atoms with Crippen molar-refractivity contribution in [2.75, 3.05) is 14.2 Å².